The van der Waals surface area contributed by atoms with E-state index >= 15 is 0 Å². The number of benzene rings is 1. The lowest BCUT2D eigenvalue weighted by Gasteiger charge is -2.02. The van der Waals surface area contributed by atoms with Gasteiger partial charge >= 0.3 is 0 Å². The highest BCUT2D eigenvalue weighted by Crippen LogP contribution is 2.27. The van der Waals surface area contributed by atoms with Gasteiger partial charge < -0.3 is 4.52 Å². The van der Waals surface area contributed by atoms with Gasteiger partial charge in [0.15, 0.2) is 10.9 Å². The van der Waals surface area contributed by atoms with Crippen LogP contribution in [0.25, 0.3) is 11.3 Å². The van der Waals surface area contributed by atoms with E-state index in [4.69, 9.17) is 4.52 Å². The highest BCUT2D eigenvalue weighted by molar-refractivity contribution is 7.13. The van der Waals surface area contributed by atoms with Crippen LogP contribution in [0.1, 0.15) is 16.1 Å². The molecule has 0 aliphatic carbocycles. The molecule has 2 aromatic heterocycles. The summed E-state index contributed by atoms with van der Waals surface area (Å²) in [5.74, 6) is 0.203. The number of aryl methyl sites for hydroxylation is 1. The smallest absolute Gasteiger partial charge is 0.263 e. The average Bonchev–Trinajstić information content (AvgIpc) is 3.09. The minimum Gasteiger partial charge on any atom is -0.355 e. The predicted molar refractivity (Wildman–Crippen MR) is 76.7 cm³/mol. The molecule has 5 nitrogen and oxygen atoms in total. The molecule has 0 bridgehead atoms. The summed E-state index contributed by atoms with van der Waals surface area (Å²) in [5.41, 5.74) is 1.81. The Kier molecular flexibility index (Phi) is 3.30. The molecule has 0 saturated carbocycles. The number of hydrogen-bond acceptors (Lipinski definition) is 5. The summed E-state index contributed by atoms with van der Waals surface area (Å²) in [6.45, 7) is 1.74. The summed E-state index contributed by atoms with van der Waals surface area (Å²) < 4.78 is 5.29. The molecule has 100 valence electrons. The van der Waals surface area contributed by atoms with Gasteiger partial charge in [-0.3, -0.25) is 10.1 Å². The zero-order valence-corrected chi connectivity index (χ0v) is 11.5. The van der Waals surface area contributed by atoms with E-state index < -0.39 is 0 Å². The van der Waals surface area contributed by atoms with Gasteiger partial charge in [0.25, 0.3) is 5.91 Å². The lowest BCUT2D eigenvalue weighted by atomic mass is 10.1. The normalized spacial score (nSPS) is 10.4. The molecule has 0 aliphatic rings. The SMILES string of the molecule is Cc1noc(-c2ccccc2)c1C(=O)Nc1nccs1. The maximum absolute atomic E-state index is 12.3. The van der Waals surface area contributed by atoms with Crippen LogP contribution < -0.4 is 5.32 Å². The van der Waals surface area contributed by atoms with Crippen molar-refractivity contribution in [1.82, 2.24) is 10.1 Å². The number of nitrogens with zero attached hydrogens (tertiary/aromatic N) is 2. The van der Waals surface area contributed by atoms with Gasteiger partial charge in [-0.2, -0.15) is 0 Å². The van der Waals surface area contributed by atoms with Crippen LogP contribution in [0.15, 0.2) is 46.4 Å². The van der Waals surface area contributed by atoms with E-state index in [9.17, 15) is 4.79 Å². The van der Waals surface area contributed by atoms with Crippen molar-refractivity contribution in [3.8, 4) is 11.3 Å². The number of nitrogens with one attached hydrogen (secondary N) is 1. The van der Waals surface area contributed by atoms with Crippen molar-refractivity contribution in [2.75, 3.05) is 5.32 Å². The fourth-order valence-corrected chi connectivity index (χ4v) is 2.39. The van der Waals surface area contributed by atoms with Crippen molar-refractivity contribution in [3.05, 3.63) is 53.2 Å². The quantitative estimate of drug-likeness (QED) is 0.801. The molecular formula is C14H11N3O2S. The van der Waals surface area contributed by atoms with Gasteiger partial charge in [-0.15, -0.1) is 11.3 Å². The van der Waals surface area contributed by atoms with Crippen LogP contribution in [0.5, 0.6) is 0 Å². The molecule has 0 unspecified atom stereocenters. The first-order valence-electron chi connectivity index (χ1n) is 5.98. The number of carbonyl (C=O) groups excluding carboxylic acids is 1. The number of carbonyl (C=O) groups is 1. The van der Waals surface area contributed by atoms with E-state index in [-0.39, 0.29) is 5.91 Å². The number of anilines is 1. The monoisotopic (exact) mass is 285 g/mol. The van der Waals surface area contributed by atoms with E-state index in [1.807, 2.05) is 30.3 Å². The zero-order chi connectivity index (χ0) is 13.9. The Morgan fingerprint density at radius 1 is 1.30 bits per heavy atom. The molecule has 1 aromatic carbocycles. The Hall–Kier alpha value is -2.47. The second-order valence-electron chi connectivity index (χ2n) is 4.13. The second kappa shape index (κ2) is 5.26. The number of hydrogen-bond donors (Lipinski definition) is 1. The van der Waals surface area contributed by atoms with Gasteiger partial charge in [0.1, 0.15) is 5.56 Å². The minimum absolute atomic E-state index is 0.266. The van der Waals surface area contributed by atoms with Gasteiger partial charge in [0.05, 0.1) is 5.69 Å². The minimum atomic E-state index is -0.266. The summed E-state index contributed by atoms with van der Waals surface area (Å²) in [5, 5.41) is 8.98. The van der Waals surface area contributed by atoms with Crippen molar-refractivity contribution in [2.24, 2.45) is 0 Å². The lowest BCUT2D eigenvalue weighted by Crippen LogP contribution is -2.13. The van der Waals surface area contributed by atoms with Gasteiger partial charge in [-0.1, -0.05) is 35.5 Å². The summed E-state index contributed by atoms with van der Waals surface area (Å²) in [4.78, 5) is 16.4. The van der Waals surface area contributed by atoms with E-state index in [0.29, 0.717) is 22.1 Å². The van der Waals surface area contributed by atoms with E-state index in [0.717, 1.165) is 5.56 Å². The molecule has 3 aromatic rings. The van der Waals surface area contributed by atoms with Crippen LogP contribution in [0.4, 0.5) is 5.13 Å². The highest BCUT2D eigenvalue weighted by Gasteiger charge is 2.22. The maximum Gasteiger partial charge on any atom is 0.263 e. The second-order valence-corrected chi connectivity index (χ2v) is 5.02. The first kappa shape index (κ1) is 12.6. The fourth-order valence-electron chi connectivity index (χ4n) is 1.87. The van der Waals surface area contributed by atoms with E-state index in [2.05, 4.69) is 15.5 Å². The van der Waals surface area contributed by atoms with E-state index in [1.54, 1.807) is 18.5 Å². The molecule has 1 amide bonds. The van der Waals surface area contributed by atoms with Gasteiger partial charge in [-0.25, -0.2) is 4.98 Å². The average molecular weight is 285 g/mol. The number of aromatic nitrogens is 2. The predicted octanol–water partition coefficient (Wildman–Crippen LogP) is 3.36. The lowest BCUT2D eigenvalue weighted by molar-refractivity contribution is 0.102. The van der Waals surface area contributed by atoms with Crippen LogP contribution in [-0.4, -0.2) is 16.0 Å². The standard InChI is InChI=1S/C14H11N3O2S/c1-9-11(13(18)16-14-15-7-8-20-14)12(19-17-9)10-5-3-2-4-6-10/h2-8H,1H3,(H,15,16,18). The summed E-state index contributed by atoms with van der Waals surface area (Å²) in [6.07, 6.45) is 1.64. The Bertz CT molecular complexity index is 720. The van der Waals surface area contributed by atoms with Crippen molar-refractivity contribution in [1.29, 1.82) is 0 Å². The molecular weight excluding hydrogens is 274 g/mol. The summed E-state index contributed by atoms with van der Waals surface area (Å²) >= 11 is 1.36. The van der Waals surface area contributed by atoms with Crippen LogP contribution in [0.3, 0.4) is 0 Å². The van der Waals surface area contributed by atoms with Crippen molar-refractivity contribution in [2.45, 2.75) is 6.92 Å². The molecule has 0 saturated heterocycles. The largest absolute Gasteiger partial charge is 0.355 e. The molecule has 6 heteroatoms. The zero-order valence-electron chi connectivity index (χ0n) is 10.7. The van der Waals surface area contributed by atoms with Gasteiger partial charge in [-0.05, 0) is 6.92 Å². The summed E-state index contributed by atoms with van der Waals surface area (Å²) in [6, 6.07) is 9.42. The topological polar surface area (TPSA) is 68.0 Å². The van der Waals surface area contributed by atoms with Crippen LogP contribution in [-0.2, 0) is 0 Å². The molecule has 1 N–H and O–H groups in total. The van der Waals surface area contributed by atoms with Crippen LogP contribution in [0.2, 0.25) is 0 Å². The first-order valence-corrected chi connectivity index (χ1v) is 6.86. The van der Waals surface area contributed by atoms with Crippen LogP contribution >= 0.6 is 11.3 Å². The Balaban J connectivity index is 1.97. The number of amides is 1. The maximum atomic E-state index is 12.3. The first-order chi connectivity index (χ1) is 9.75. The molecule has 2 heterocycles. The number of rotatable bonds is 3. The molecule has 0 fully saturated rings. The molecule has 0 radical (unpaired) electrons. The third-order valence-electron chi connectivity index (χ3n) is 2.78. The molecule has 3 rings (SSSR count). The van der Waals surface area contributed by atoms with Gasteiger partial charge in [0.2, 0.25) is 0 Å². The number of thiazole rings is 1. The highest BCUT2D eigenvalue weighted by atomic mass is 32.1. The third kappa shape index (κ3) is 2.33. The van der Waals surface area contributed by atoms with Crippen molar-refractivity contribution in [3.63, 3.8) is 0 Å². The Morgan fingerprint density at radius 2 is 2.10 bits per heavy atom. The van der Waals surface area contributed by atoms with E-state index in [1.165, 1.54) is 11.3 Å². The molecule has 0 aliphatic heterocycles. The Morgan fingerprint density at radius 3 is 2.80 bits per heavy atom. The molecule has 20 heavy (non-hydrogen) atoms. The van der Waals surface area contributed by atoms with Crippen molar-refractivity contribution >= 4 is 22.4 Å². The third-order valence-corrected chi connectivity index (χ3v) is 3.47. The Labute approximate surface area is 119 Å². The molecule has 0 spiro atoms. The van der Waals surface area contributed by atoms with Crippen LogP contribution in [0, 0.1) is 6.92 Å². The fraction of sp³-hybridized carbons (Fsp3) is 0.0714. The molecule has 0 atom stereocenters. The van der Waals surface area contributed by atoms with Crippen molar-refractivity contribution < 1.29 is 9.32 Å². The summed E-state index contributed by atoms with van der Waals surface area (Å²) in [7, 11) is 0. The van der Waals surface area contributed by atoms with Gasteiger partial charge in [0, 0.05) is 17.1 Å².